The predicted molar refractivity (Wildman–Crippen MR) is 202 cm³/mol. The van der Waals surface area contributed by atoms with E-state index < -0.39 is 8.07 Å². The van der Waals surface area contributed by atoms with Gasteiger partial charge in [0, 0.05) is 10.8 Å². The quantitative estimate of drug-likeness (QED) is 0.136. The molecule has 6 aromatic carbocycles. The van der Waals surface area contributed by atoms with Gasteiger partial charge in [-0.05, 0) is 12.1 Å². The summed E-state index contributed by atoms with van der Waals surface area (Å²) in [5.74, 6) is 0. The second-order valence-electron chi connectivity index (χ2n) is 12.3. The van der Waals surface area contributed by atoms with E-state index in [1.807, 2.05) is 0 Å². The summed E-state index contributed by atoms with van der Waals surface area (Å²) in [5, 5.41) is 8.02. The molecule has 0 saturated carbocycles. The van der Waals surface area contributed by atoms with Gasteiger partial charge >= 0.3 is 235 Å². The summed E-state index contributed by atoms with van der Waals surface area (Å²) in [7, 11) is -2.82. The van der Waals surface area contributed by atoms with Gasteiger partial charge in [0.2, 0.25) is 0 Å². The number of aryl methyl sites for hydroxylation is 2. The average molecular weight is 815 g/mol. The third-order valence-corrected chi connectivity index (χ3v) is 15.1. The molecule has 0 fully saturated rings. The van der Waals surface area contributed by atoms with E-state index in [4.69, 9.17) is 4.98 Å². The fraction of sp³-hybridized carbons (Fsp3) is 0.0465. The summed E-state index contributed by atoms with van der Waals surface area (Å²) < 4.78 is 3.59. The van der Waals surface area contributed by atoms with Crippen molar-refractivity contribution in [2.45, 2.75) is 13.8 Å². The second kappa shape index (κ2) is 12.2. The number of fused-ring (bicyclic) bond motifs is 3. The fourth-order valence-electron chi connectivity index (χ4n) is 7.43. The molecule has 2 radical (unpaired) electrons. The van der Waals surface area contributed by atoms with Crippen molar-refractivity contribution < 1.29 is 0 Å². The monoisotopic (exact) mass is 814 g/mol. The van der Waals surface area contributed by atoms with Gasteiger partial charge in [-0.3, -0.25) is 0 Å². The molecule has 2 heterocycles. The Balaban J connectivity index is 1.46. The van der Waals surface area contributed by atoms with Crippen molar-refractivity contribution in [3.8, 4) is 16.8 Å². The fourth-order valence-corrected chi connectivity index (χ4v) is 13.4. The maximum atomic E-state index is 4.74. The summed E-state index contributed by atoms with van der Waals surface area (Å²) in [5.41, 5.74) is 8.50. The standard InChI is InChI=1S/C43H33N2Si.Bi/c1-31-24-25-38(30-41(31)33-26-27-44-32(2)28-33)46(35-15-5-3-6-16-35,36-17-7-4-8-18-36)37-19-13-14-34(29-37)45-42-22-11-9-20-39(42)40-21-10-12-23-43(40)45;/h3-26,28-30H,1-2H3;. The van der Waals surface area contributed by atoms with E-state index in [1.54, 1.807) is 0 Å². The Morgan fingerprint density at radius 3 is 1.68 bits per heavy atom. The van der Waals surface area contributed by atoms with Crippen LogP contribution in [0.1, 0.15) is 11.3 Å². The number of hydrogen-bond acceptors (Lipinski definition) is 1. The average Bonchev–Trinajstić information content (AvgIpc) is 3.44. The number of hydrogen-bond donors (Lipinski definition) is 0. The van der Waals surface area contributed by atoms with Crippen molar-refractivity contribution >= 4 is 78.7 Å². The number of pyridine rings is 1. The maximum absolute atomic E-state index is 4.74. The Labute approximate surface area is 292 Å². The zero-order valence-electron chi connectivity index (χ0n) is 26.4. The van der Waals surface area contributed by atoms with E-state index in [0.717, 1.165) is 33.8 Å². The molecule has 2 aromatic heterocycles. The summed E-state index contributed by atoms with van der Waals surface area (Å²) in [6.07, 6.45) is 0. The summed E-state index contributed by atoms with van der Waals surface area (Å²) >= 11 is 1.15. The SMILES string of the molecule is Cc1cc(-c2cc([Si](c3ccccc3)(c3ccccc3)c3cccc(-n4c5ccccc5c5ccccc54)c3)ccc2C)c[c]([Bi])n1. The normalized spacial score (nSPS) is 11.7. The Morgan fingerprint density at radius 1 is 0.511 bits per heavy atom. The van der Waals surface area contributed by atoms with Crippen molar-refractivity contribution in [3.63, 3.8) is 0 Å². The van der Waals surface area contributed by atoms with E-state index >= 15 is 0 Å². The van der Waals surface area contributed by atoms with E-state index in [9.17, 15) is 0 Å². The van der Waals surface area contributed by atoms with Gasteiger partial charge in [0.25, 0.3) is 0 Å². The van der Waals surface area contributed by atoms with E-state index in [2.05, 4.69) is 182 Å². The molecule has 0 unspecified atom stereocenters. The Kier molecular flexibility index (Phi) is 7.72. The van der Waals surface area contributed by atoms with Crippen LogP contribution < -0.4 is 24.1 Å². The number of aromatic nitrogens is 2. The minimum absolute atomic E-state index is 1.07. The number of benzene rings is 6. The topological polar surface area (TPSA) is 17.8 Å². The van der Waals surface area contributed by atoms with E-state index in [0.29, 0.717) is 0 Å². The summed E-state index contributed by atoms with van der Waals surface area (Å²) in [6.45, 7) is 4.34. The first kappa shape index (κ1) is 29.8. The van der Waals surface area contributed by atoms with Gasteiger partial charge < -0.3 is 0 Å². The van der Waals surface area contributed by atoms with Crippen LogP contribution in [0.3, 0.4) is 0 Å². The van der Waals surface area contributed by atoms with Crippen LogP contribution in [0.2, 0.25) is 0 Å². The Morgan fingerprint density at radius 2 is 1.06 bits per heavy atom. The van der Waals surface area contributed by atoms with Crippen molar-refractivity contribution in [1.82, 2.24) is 9.55 Å². The molecule has 224 valence electrons. The van der Waals surface area contributed by atoms with Crippen molar-refractivity contribution in [3.05, 3.63) is 175 Å². The van der Waals surface area contributed by atoms with Crippen LogP contribution in [0.15, 0.2) is 164 Å². The molecule has 0 saturated heterocycles. The zero-order chi connectivity index (χ0) is 32.0. The van der Waals surface area contributed by atoms with Gasteiger partial charge in [-0.1, -0.05) is 36.4 Å². The molecule has 0 aliphatic rings. The molecule has 0 aliphatic heterocycles. The molecular weight excluding hydrogens is 782 g/mol. The summed E-state index contributed by atoms with van der Waals surface area (Å²) in [4.78, 5) is 4.74. The van der Waals surface area contributed by atoms with Gasteiger partial charge in [-0.15, -0.1) is 0 Å². The Hall–Kier alpha value is -4.63. The molecule has 4 heteroatoms. The Bertz CT molecular complexity index is 2280. The molecule has 2 nitrogen and oxygen atoms in total. The molecule has 0 spiro atoms. The minimum atomic E-state index is -2.82. The number of nitrogens with zero attached hydrogens (tertiary/aromatic N) is 2. The van der Waals surface area contributed by atoms with Crippen molar-refractivity contribution in [2.75, 3.05) is 0 Å². The molecule has 8 rings (SSSR count). The third-order valence-electron chi connectivity index (χ3n) is 9.45. The van der Waals surface area contributed by atoms with Gasteiger partial charge in [-0.2, -0.15) is 0 Å². The van der Waals surface area contributed by atoms with Crippen LogP contribution in [-0.2, 0) is 0 Å². The van der Waals surface area contributed by atoms with Gasteiger partial charge in [-0.25, -0.2) is 0 Å². The van der Waals surface area contributed by atoms with Crippen LogP contribution in [0, 0.1) is 13.8 Å². The summed E-state index contributed by atoms with van der Waals surface area (Å²) in [6, 6.07) is 61.1. The van der Waals surface area contributed by atoms with Crippen LogP contribution in [0.5, 0.6) is 0 Å². The molecule has 0 N–H and O–H groups in total. The second-order valence-corrected chi connectivity index (χ2v) is 17.9. The molecular formula is C43H33BiN2Si. The molecule has 8 aromatic rings. The molecule has 0 bridgehead atoms. The van der Waals surface area contributed by atoms with Gasteiger partial charge in [0.15, 0.2) is 0 Å². The predicted octanol–water partition coefficient (Wildman–Crippen LogP) is 6.63. The van der Waals surface area contributed by atoms with E-state index in [1.165, 1.54) is 64.9 Å². The molecule has 0 amide bonds. The van der Waals surface area contributed by atoms with Crippen LogP contribution in [0.25, 0.3) is 38.6 Å². The number of rotatable bonds is 6. The van der Waals surface area contributed by atoms with Crippen LogP contribution >= 0.6 is 0 Å². The first-order valence-electron chi connectivity index (χ1n) is 16.0. The van der Waals surface area contributed by atoms with E-state index in [-0.39, 0.29) is 0 Å². The van der Waals surface area contributed by atoms with Crippen molar-refractivity contribution in [2.24, 2.45) is 0 Å². The van der Waals surface area contributed by atoms with Crippen molar-refractivity contribution in [1.29, 1.82) is 0 Å². The molecule has 0 aliphatic carbocycles. The number of para-hydroxylation sites is 2. The molecule has 0 atom stereocenters. The third kappa shape index (κ3) is 5.08. The first-order chi connectivity index (χ1) is 23.0. The van der Waals surface area contributed by atoms with Gasteiger partial charge in [0.1, 0.15) is 0 Å². The van der Waals surface area contributed by atoms with Crippen LogP contribution in [0.4, 0.5) is 0 Å². The zero-order valence-corrected chi connectivity index (χ0v) is 30.9. The first-order valence-corrected chi connectivity index (χ1v) is 19.8. The van der Waals surface area contributed by atoms with Gasteiger partial charge in [0.05, 0.1) is 0 Å². The molecule has 47 heavy (non-hydrogen) atoms. The van der Waals surface area contributed by atoms with Crippen LogP contribution in [-0.4, -0.2) is 42.3 Å².